The van der Waals surface area contributed by atoms with Crippen molar-refractivity contribution in [2.24, 2.45) is 0 Å². The molecular weight excluding hydrogens is 322 g/mol. The predicted octanol–water partition coefficient (Wildman–Crippen LogP) is 4.08. The van der Waals surface area contributed by atoms with Crippen LogP contribution >= 0.6 is 0 Å². The van der Waals surface area contributed by atoms with E-state index in [9.17, 15) is 0 Å². The van der Waals surface area contributed by atoms with Gasteiger partial charge in [0.05, 0.1) is 5.69 Å². The van der Waals surface area contributed by atoms with Crippen LogP contribution in [0.25, 0.3) is 22.6 Å². The summed E-state index contributed by atoms with van der Waals surface area (Å²) in [6.45, 7) is 4.11. The van der Waals surface area contributed by atoms with E-state index in [0.29, 0.717) is 0 Å². The van der Waals surface area contributed by atoms with Crippen molar-refractivity contribution < 1.29 is 0 Å². The maximum absolute atomic E-state index is 5.08. The summed E-state index contributed by atoms with van der Waals surface area (Å²) in [5.41, 5.74) is 6.76. The summed E-state index contributed by atoms with van der Waals surface area (Å²) in [5, 5.41) is 4.90. The summed E-state index contributed by atoms with van der Waals surface area (Å²) >= 11 is 0. The minimum Gasteiger partial charge on any atom is -0.288 e. The second-order valence-corrected chi connectivity index (χ2v) is 6.97. The van der Waals surface area contributed by atoms with E-state index in [0.717, 1.165) is 47.0 Å². The van der Waals surface area contributed by atoms with Gasteiger partial charge in [0.1, 0.15) is 11.6 Å². The number of aromatic nitrogens is 5. The normalized spacial score (nSPS) is 13.9. The van der Waals surface area contributed by atoms with Crippen molar-refractivity contribution in [1.29, 1.82) is 0 Å². The van der Waals surface area contributed by atoms with Gasteiger partial charge < -0.3 is 0 Å². The zero-order valence-corrected chi connectivity index (χ0v) is 15.1. The number of benzene rings is 1. The Labute approximate surface area is 152 Å². The molecule has 26 heavy (non-hydrogen) atoms. The lowest BCUT2D eigenvalue weighted by Crippen LogP contribution is -2.16. The molecular formula is C21H21N5. The maximum atomic E-state index is 5.08. The van der Waals surface area contributed by atoms with Crippen LogP contribution in [0, 0.1) is 13.8 Å². The number of imidazole rings is 1. The Morgan fingerprint density at radius 3 is 2.58 bits per heavy atom. The van der Waals surface area contributed by atoms with E-state index < -0.39 is 0 Å². The number of rotatable bonds is 2. The third-order valence-electron chi connectivity index (χ3n) is 5.30. The first kappa shape index (κ1) is 15.3. The largest absolute Gasteiger partial charge is 0.288 e. The fourth-order valence-corrected chi connectivity index (χ4v) is 4.07. The third-order valence-corrected chi connectivity index (χ3v) is 5.30. The lowest BCUT2D eigenvalue weighted by atomic mass is 9.96. The van der Waals surface area contributed by atoms with Gasteiger partial charge >= 0.3 is 0 Å². The third kappa shape index (κ3) is 2.20. The summed E-state index contributed by atoms with van der Waals surface area (Å²) in [7, 11) is 0. The molecule has 5 rings (SSSR count). The van der Waals surface area contributed by atoms with Gasteiger partial charge in [-0.1, -0.05) is 30.3 Å². The molecule has 1 aliphatic carbocycles. The van der Waals surface area contributed by atoms with Gasteiger partial charge in [-0.15, -0.1) is 0 Å². The highest BCUT2D eigenvalue weighted by atomic mass is 15.3. The summed E-state index contributed by atoms with van der Waals surface area (Å²) in [4.78, 5) is 9.52. The molecule has 0 unspecified atom stereocenters. The SMILES string of the molecule is Cc1nn2c(-n3ccnc3C)c3c(nc2c1-c1ccccc1)CCCC3. The fraction of sp³-hybridized carbons (Fsp3) is 0.286. The number of fused-ring (bicyclic) bond motifs is 2. The van der Waals surface area contributed by atoms with Crippen LogP contribution < -0.4 is 0 Å². The predicted molar refractivity (Wildman–Crippen MR) is 102 cm³/mol. The van der Waals surface area contributed by atoms with Crippen LogP contribution in [-0.2, 0) is 12.8 Å². The van der Waals surface area contributed by atoms with Crippen LogP contribution in [0.4, 0.5) is 0 Å². The maximum Gasteiger partial charge on any atom is 0.165 e. The number of hydrogen-bond acceptors (Lipinski definition) is 3. The highest BCUT2D eigenvalue weighted by Crippen LogP contribution is 2.33. The van der Waals surface area contributed by atoms with E-state index in [4.69, 9.17) is 10.1 Å². The smallest absolute Gasteiger partial charge is 0.165 e. The molecule has 3 heterocycles. The zero-order valence-electron chi connectivity index (χ0n) is 15.1. The van der Waals surface area contributed by atoms with Crippen LogP contribution in [0.5, 0.6) is 0 Å². The molecule has 0 bridgehead atoms. The molecule has 0 saturated heterocycles. The van der Waals surface area contributed by atoms with Crippen molar-refractivity contribution in [2.75, 3.05) is 0 Å². The van der Waals surface area contributed by atoms with Crippen LogP contribution in [0.15, 0.2) is 42.7 Å². The summed E-state index contributed by atoms with van der Waals surface area (Å²) < 4.78 is 4.18. The first-order valence-corrected chi connectivity index (χ1v) is 9.21. The lowest BCUT2D eigenvalue weighted by Gasteiger charge is -2.20. The number of hydrogen-bond donors (Lipinski definition) is 0. The van der Waals surface area contributed by atoms with E-state index in [2.05, 4.69) is 40.7 Å². The molecule has 4 aromatic rings. The Morgan fingerprint density at radius 1 is 1.00 bits per heavy atom. The van der Waals surface area contributed by atoms with E-state index in [-0.39, 0.29) is 0 Å². The summed E-state index contributed by atoms with van der Waals surface area (Å²) in [6, 6.07) is 10.4. The van der Waals surface area contributed by atoms with Crippen molar-refractivity contribution >= 4 is 5.65 Å². The van der Waals surface area contributed by atoms with E-state index in [1.807, 2.05) is 29.9 Å². The molecule has 1 aliphatic rings. The second kappa shape index (κ2) is 5.80. The molecule has 0 fully saturated rings. The summed E-state index contributed by atoms with van der Waals surface area (Å²) in [6.07, 6.45) is 8.36. The average molecular weight is 343 g/mol. The Hall–Kier alpha value is -2.95. The molecule has 0 saturated carbocycles. The number of nitrogens with zero attached hydrogens (tertiary/aromatic N) is 5. The molecule has 0 amide bonds. The molecule has 3 aromatic heterocycles. The first-order valence-electron chi connectivity index (χ1n) is 9.21. The van der Waals surface area contributed by atoms with Gasteiger partial charge in [0.15, 0.2) is 5.65 Å². The topological polar surface area (TPSA) is 48.0 Å². The average Bonchev–Trinajstić information content (AvgIpc) is 3.22. The highest BCUT2D eigenvalue weighted by molar-refractivity contribution is 5.80. The monoisotopic (exact) mass is 343 g/mol. The van der Waals surface area contributed by atoms with Gasteiger partial charge in [0, 0.05) is 29.2 Å². The molecule has 130 valence electrons. The van der Waals surface area contributed by atoms with Crippen molar-refractivity contribution in [3.63, 3.8) is 0 Å². The van der Waals surface area contributed by atoms with E-state index in [1.165, 1.54) is 24.1 Å². The zero-order chi connectivity index (χ0) is 17.7. The van der Waals surface area contributed by atoms with Gasteiger partial charge in [0.2, 0.25) is 0 Å². The lowest BCUT2D eigenvalue weighted by molar-refractivity contribution is 0.648. The molecule has 1 aromatic carbocycles. The first-order chi connectivity index (χ1) is 12.7. The van der Waals surface area contributed by atoms with Crippen LogP contribution in [0.1, 0.15) is 35.6 Å². The number of aryl methyl sites for hydroxylation is 3. The molecule has 0 radical (unpaired) electrons. The second-order valence-electron chi connectivity index (χ2n) is 6.97. The molecule has 5 nitrogen and oxygen atoms in total. The highest BCUT2D eigenvalue weighted by Gasteiger charge is 2.24. The van der Waals surface area contributed by atoms with Crippen molar-refractivity contribution in [2.45, 2.75) is 39.5 Å². The van der Waals surface area contributed by atoms with E-state index >= 15 is 0 Å². The van der Waals surface area contributed by atoms with Crippen LogP contribution in [0.2, 0.25) is 0 Å². The molecule has 0 aliphatic heterocycles. The van der Waals surface area contributed by atoms with Crippen molar-refractivity contribution in [3.8, 4) is 16.9 Å². The summed E-state index contributed by atoms with van der Waals surface area (Å²) in [5.74, 6) is 2.07. The Morgan fingerprint density at radius 2 is 1.81 bits per heavy atom. The van der Waals surface area contributed by atoms with Gasteiger partial charge in [-0.3, -0.25) is 4.57 Å². The quantitative estimate of drug-likeness (QED) is 0.551. The minimum atomic E-state index is 0.942. The van der Waals surface area contributed by atoms with Gasteiger partial charge in [0.25, 0.3) is 0 Å². The Bertz CT molecular complexity index is 1100. The van der Waals surface area contributed by atoms with Crippen molar-refractivity contribution in [1.82, 2.24) is 24.1 Å². The van der Waals surface area contributed by atoms with Crippen LogP contribution in [-0.4, -0.2) is 24.1 Å². The Balaban J connectivity index is 1.90. The molecule has 0 spiro atoms. The van der Waals surface area contributed by atoms with E-state index in [1.54, 1.807) is 0 Å². The van der Waals surface area contributed by atoms with Gasteiger partial charge in [-0.25, -0.2) is 9.97 Å². The molecule has 5 heteroatoms. The van der Waals surface area contributed by atoms with Crippen LogP contribution in [0.3, 0.4) is 0 Å². The molecule has 0 atom stereocenters. The fourth-order valence-electron chi connectivity index (χ4n) is 4.07. The minimum absolute atomic E-state index is 0.942. The van der Waals surface area contributed by atoms with Crippen molar-refractivity contribution in [3.05, 3.63) is 65.5 Å². The molecule has 0 N–H and O–H groups in total. The standard InChI is InChI=1S/C21H21N5/c1-14-19(16-8-4-3-5-9-16)20-23-18-11-7-6-10-17(18)21(26(20)24-14)25-13-12-22-15(25)2/h3-5,8-9,12-13H,6-7,10-11H2,1-2H3. The van der Waals surface area contributed by atoms with Gasteiger partial charge in [-0.05, 0) is 45.1 Å². The Kier molecular flexibility index (Phi) is 3.42. The van der Waals surface area contributed by atoms with Gasteiger partial charge in [-0.2, -0.15) is 9.61 Å².